The third-order valence-electron chi connectivity index (χ3n) is 3.79. The Morgan fingerprint density at radius 1 is 1.22 bits per heavy atom. The van der Waals surface area contributed by atoms with Crippen molar-refractivity contribution in [2.45, 2.75) is 31.5 Å². The van der Waals surface area contributed by atoms with Gasteiger partial charge in [0.2, 0.25) is 0 Å². The molecule has 0 bridgehead atoms. The molecule has 1 N–H and O–H groups in total. The fourth-order valence-corrected chi connectivity index (χ4v) is 2.86. The number of alkyl halides is 3. The molecular formula is C13H15F3N2. The second-order valence-electron chi connectivity index (χ2n) is 4.95. The summed E-state index contributed by atoms with van der Waals surface area (Å²) in [5.41, 5.74) is 0.950. The summed E-state index contributed by atoms with van der Waals surface area (Å²) in [4.78, 5) is 2.25. The van der Waals surface area contributed by atoms with Crippen molar-refractivity contribution >= 4 is 11.4 Å². The molecule has 0 aliphatic carbocycles. The summed E-state index contributed by atoms with van der Waals surface area (Å²) in [6.07, 6.45) is -0.821. The topological polar surface area (TPSA) is 15.3 Å². The fourth-order valence-electron chi connectivity index (χ4n) is 2.86. The maximum atomic E-state index is 12.6. The van der Waals surface area contributed by atoms with Gasteiger partial charge in [-0.1, -0.05) is 0 Å². The van der Waals surface area contributed by atoms with E-state index in [9.17, 15) is 13.2 Å². The van der Waals surface area contributed by atoms with Crippen LogP contribution in [0.5, 0.6) is 0 Å². The Balaban J connectivity index is 1.96. The van der Waals surface area contributed by atoms with E-state index in [1.165, 1.54) is 18.6 Å². The molecule has 0 radical (unpaired) electrons. The Labute approximate surface area is 104 Å². The zero-order valence-corrected chi connectivity index (χ0v) is 9.93. The van der Waals surface area contributed by atoms with Crippen molar-refractivity contribution in [1.29, 1.82) is 0 Å². The summed E-state index contributed by atoms with van der Waals surface area (Å²) in [6, 6.07) is 4.43. The lowest BCUT2D eigenvalue weighted by molar-refractivity contribution is -0.137. The summed E-state index contributed by atoms with van der Waals surface area (Å²) in [5.74, 6) is 0. The van der Waals surface area contributed by atoms with Crippen LogP contribution in [-0.2, 0) is 6.18 Å². The van der Waals surface area contributed by atoms with Gasteiger partial charge in [0.25, 0.3) is 0 Å². The van der Waals surface area contributed by atoms with Crippen LogP contribution in [0.2, 0.25) is 0 Å². The zero-order chi connectivity index (χ0) is 12.8. The lowest BCUT2D eigenvalue weighted by Gasteiger charge is -2.42. The number of nitrogens with one attached hydrogen (secondary N) is 1. The predicted molar refractivity (Wildman–Crippen MR) is 64.9 cm³/mol. The van der Waals surface area contributed by atoms with Gasteiger partial charge in [-0.05, 0) is 37.5 Å². The minimum atomic E-state index is -4.27. The molecule has 98 valence electrons. The van der Waals surface area contributed by atoms with Crippen molar-refractivity contribution in [3.05, 3.63) is 23.8 Å². The third kappa shape index (κ3) is 1.91. The highest BCUT2D eigenvalue weighted by Gasteiger charge is 2.34. The first kappa shape index (κ1) is 11.7. The molecule has 18 heavy (non-hydrogen) atoms. The van der Waals surface area contributed by atoms with Gasteiger partial charge in [-0.3, -0.25) is 0 Å². The number of hydrogen-bond acceptors (Lipinski definition) is 2. The first-order valence-corrected chi connectivity index (χ1v) is 6.27. The third-order valence-corrected chi connectivity index (χ3v) is 3.79. The zero-order valence-electron chi connectivity index (χ0n) is 9.93. The number of nitrogens with zero attached hydrogens (tertiary/aromatic N) is 1. The summed E-state index contributed by atoms with van der Waals surface area (Å²) >= 11 is 0. The van der Waals surface area contributed by atoms with E-state index in [1.807, 2.05) is 0 Å². The normalized spacial score (nSPS) is 23.1. The molecule has 0 spiro atoms. The van der Waals surface area contributed by atoms with Crippen LogP contribution in [0.25, 0.3) is 0 Å². The van der Waals surface area contributed by atoms with Crippen LogP contribution in [0.4, 0.5) is 24.5 Å². The van der Waals surface area contributed by atoms with Gasteiger partial charge in [0.05, 0.1) is 16.9 Å². The van der Waals surface area contributed by atoms with Crippen LogP contribution in [0.3, 0.4) is 0 Å². The van der Waals surface area contributed by atoms with Gasteiger partial charge in [0, 0.05) is 19.1 Å². The summed E-state index contributed by atoms with van der Waals surface area (Å²) in [7, 11) is 0. The number of anilines is 2. The minimum absolute atomic E-state index is 0.433. The monoisotopic (exact) mass is 256 g/mol. The number of hydrogen-bond donors (Lipinski definition) is 1. The molecule has 1 atom stereocenters. The molecule has 3 rings (SSSR count). The molecule has 1 aromatic rings. The Hall–Kier alpha value is -1.39. The van der Waals surface area contributed by atoms with Crippen molar-refractivity contribution in [1.82, 2.24) is 0 Å². The van der Waals surface area contributed by atoms with Gasteiger partial charge in [-0.15, -0.1) is 0 Å². The van der Waals surface area contributed by atoms with E-state index in [0.717, 1.165) is 31.6 Å². The number of piperidine rings is 1. The lowest BCUT2D eigenvalue weighted by Crippen LogP contribution is -2.47. The molecule has 0 saturated carbocycles. The van der Waals surface area contributed by atoms with Gasteiger partial charge >= 0.3 is 6.18 Å². The van der Waals surface area contributed by atoms with E-state index in [0.29, 0.717) is 11.7 Å². The molecule has 2 aliphatic rings. The Kier molecular flexibility index (Phi) is 2.64. The largest absolute Gasteiger partial charge is 0.416 e. The van der Waals surface area contributed by atoms with Gasteiger partial charge in [-0.2, -0.15) is 13.2 Å². The average molecular weight is 256 g/mol. The van der Waals surface area contributed by atoms with Gasteiger partial charge in [-0.25, -0.2) is 0 Å². The van der Waals surface area contributed by atoms with Crippen molar-refractivity contribution < 1.29 is 13.2 Å². The number of fused-ring (bicyclic) bond motifs is 3. The molecule has 5 heteroatoms. The number of benzene rings is 1. The van der Waals surface area contributed by atoms with Crippen molar-refractivity contribution in [2.24, 2.45) is 0 Å². The van der Waals surface area contributed by atoms with E-state index >= 15 is 0 Å². The molecule has 0 amide bonds. The van der Waals surface area contributed by atoms with Crippen LogP contribution < -0.4 is 10.2 Å². The van der Waals surface area contributed by atoms with Crippen LogP contribution in [0, 0.1) is 0 Å². The van der Waals surface area contributed by atoms with Crippen LogP contribution in [-0.4, -0.2) is 19.1 Å². The van der Waals surface area contributed by atoms with E-state index in [1.54, 1.807) is 6.07 Å². The van der Waals surface area contributed by atoms with Crippen molar-refractivity contribution in [3.63, 3.8) is 0 Å². The smallest absolute Gasteiger partial charge is 0.381 e. The van der Waals surface area contributed by atoms with Crippen LogP contribution in [0.15, 0.2) is 18.2 Å². The van der Waals surface area contributed by atoms with Crippen LogP contribution >= 0.6 is 0 Å². The fraction of sp³-hybridized carbons (Fsp3) is 0.538. The molecule has 2 heterocycles. The SMILES string of the molecule is FC(F)(F)c1ccc2c(c1)NC[C@@H]1CCCCN21. The molecule has 2 nitrogen and oxygen atoms in total. The maximum absolute atomic E-state index is 12.6. The quantitative estimate of drug-likeness (QED) is 0.764. The van der Waals surface area contributed by atoms with Gasteiger partial charge < -0.3 is 10.2 Å². The summed E-state index contributed by atoms with van der Waals surface area (Å²) in [5, 5.41) is 3.13. The minimum Gasteiger partial charge on any atom is -0.381 e. The Morgan fingerprint density at radius 3 is 2.83 bits per heavy atom. The van der Waals surface area contributed by atoms with Crippen molar-refractivity contribution in [2.75, 3.05) is 23.3 Å². The van der Waals surface area contributed by atoms with Gasteiger partial charge in [0.1, 0.15) is 0 Å². The molecule has 0 unspecified atom stereocenters. The Morgan fingerprint density at radius 2 is 2.06 bits per heavy atom. The highest BCUT2D eigenvalue weighted by molar-refractivity contribution is 5.74. The number of halogens is 3. The highest BCUT2D eigenvalue weighted by atomic mass is 19.4. The molecular weight excluding hydrogens is 241 g/mol. The highest BCUT2D eigenvalue weighted by Crippen LogP contribution is 2.39. The van der Waals surface area contributed by atoms with E-state index in [4.69, 9.17) is 0 Å². The maximum Gasteiger partial charge on any atom is 0.416 e. The van der Waals surface area contributed by atoms with Crippen LogP contribution in [0.1, 0.15) is 24.8 Å². The molecule has 1 aromatic carbocycles. The predicted octanol–water partition coefficient (Wildman–Crippen LogP) is 3.49. The molecule has 0 aromatic heterocycles. The first-order valence-electron chi connectivity index (χ1n) is 6.27. The van der Waals surface area contributed by atoms with Crippen molar-refractivity contribution in [3.8, 4) is 0 Å². The van der Waals surface area contributed by atoms with E-state index < -0.39 is 11.7 Å². The second-order valence-corrected chi connectivity index (χ2v) is 4.95. The average Bonchev–Trinajstić information content (AvgIpc) is 2.37. The molecule has 2 aliphatic heterocycles. The standard InChI is InChI=1S/C13H15F3N2/c14-13(15,16)9-4-5-12-11(7-9)17-8-10-3-1-2-6-18(10)12/h4-5,7,10,17H,1-3,6,8H2/t10-/m0/s1. The summed E-state index contributed by atoms with van der Waals surface area (Å²) < 4.78 is 37.9. The van der Waals surface area contributed by atoms with E-state index in [2.05, 4.69) is 10.2 Å². The summed E-state index contributed by atoms with van der Waals surface area (Å²) in [6.45, 7) is 1.69. The molecule has 1 saturated heterocycles. The van der Waals surface area contributed by atoms with E-state index in [-0.39, 0.29) is 0 Å². The Bertz CT molecular complexity index is 456. The second kappa shape index (κ2) is 4.07. The lowest BCUT2D eigenvalue weighted by atomic mass is 9.97. The number of rotatable bonds is 0. The van der Waals surface area contributed by atoms with Gasteiger partial charge in [0.15, 0.2) is 0 Å². The molecule has 1 fully saturated rings. The first-order chi connectivity index (χ1) is 8.55.